The molecule has 0 unspecified atom stereocenters. The predicted molar refractivity (Wildman–Crippen MR) is 73.3 cm³/mol. The van der Waals surface area contributed by atoms with Gasteiger partial charge in [-0.05, 0) is 33.6 Å². The molecule has 0 bridgehead atoms. The van der Waals surface area contributed by atoms with Crippen molar-refractivity contribution in [3.63, 3.8) is 0 Å². The number of rotatable bonds is 3. The average molecular weight is 253 g/mol. The summed E-state index contributed by atoms with van der Waals surface area (Å²) in [5.74, 6) is 0. The van der Waals surface area contributed by atoms with Crippen LogP contribution in [0.3, 0.4) is 0 Å². The molecule has 17 heavy (non-hydrogen) atoms. The minimum Gasteiger partial charge on any atom is -0.308 e. The van der Waals surface area contributed by atoms with Gasteiger partial charge in [-0.25, -0.2) is 4.98 Å². The fraction of sp³-hybridized carbons (Fsp3) is 0.769. The zero-order valence-electron chi connectivity index (χ0n) is 11.1. The van der Waals surface area contributed by atoms with Gasteiger partial charge in [-0.1, -0.05) is 0 Å². The van der Waals surface area contributed by atoms with Crippen molar-refractivity contribution < 1.29 is 0 Å². The zero-order valence-corrected chi connectivity index (χ0v) is 11.9. The Hall–Kier alpha value is -0.450. The Labute approximate surface area is 108 Å². The molecular weight excluding hydrogens is 230 g/mol. The number of piperidine rings is 1. The zero-order chi connectivity index (χ0) is 12.3. The molecule has 1 aromatic rings. The largest absolute Gasteiger partial charge is 0.308 e. The van der Waals surface area contributed by atoms with Crippen LogP contribution in [0.5, 0.6) is 0 Å². The standard InChI is InChI=1S/C13H23N3S/c1-13(2,3)16-6-4-11(5-7-16)14-8-12-9-17-10-15-12/h9-11,14H,4-8H2,1-3H3. The van der Waals surface area contributed by atoms with Crippen molar-refractivity contribution in [2.24, 2.45) is 0 Å². The molecule has 1 fully saturated rings. The molecule has 0 spiro atoms. The van der Waals surface area contributed by atoms with Crippen molar-refractivity contribution in [1.82, 2.24) is 15.2 Å². The minimum absolute atomic E-state index is 0.319. The third kappa shape index (κ3) is 3.76. The first-order chi connectivity index (χ1) is 8.05. The molecule has 4 heteroatoms. The molecule has 0 saturated carbocycles. The smallest absolute Gasteiger partial charge is 0.0795 e. The number of hydrogen-bond donors (Lipinski definition) is 1. The second-order valence-corrected chi connectivity index (χ2v) is 6.51. The van der Waals surface area contributed by atoms with Gasteiger partial charge in [0.15, 0.2) is 0 Å². The quantitative estimate of drug-likeness (QED) is 0.897. The van der Waals surface area contributed by atoms with E-state index < -0.39 is 0 Å². The third-order valence-electron chi connectivity index (χ3n) is 3.50. The van der Waals surface area contributed by atoms with Crippen LogP contribution in [0.2, 0.25) is 0 Å². The van der Waals surface area contributed by atoms with Crippen LogP contribution in [0.1, 0.15) is 39.3 Å². The molecule has 1 aliphatic heterocycles. The van der Waals surface area contributed by atoms with Crippen LogP contribution in [0.4, 0.5) is 0 Å². The van der Waals surface area contributed by atoms with Gasteiger partial charge in [0.2, 0.25) is 0 Å². The van der Waals surface area contributed by atoms with Crippen molar-refractivity contribution >= 4 is 11.3 Å². The van der Waals surface area contributed by atoms with Gasteiger partial charge in [-0.3, -0.25) is 4.90 Å². The molecule has 0 radical (unpaired) electrons. The maximum atomic E-state index is 4.30. The van der Waals surface area contributed by atoms with E-state index in [4.69, 9.17) is 0 Å². The molecular formula is C13H23N3S. The molecule has 2 heterocycles. The fourth-order valence-corrected chi connectivity index (χ4v) is 2.89. The van der Waals surface area contributed by atoms with Gasteiger partial charge in [-0.2, -0.15) is 0 Å². The van der Waals surface area contributed by atoms with E-state index in [1.54, 1.807) is 11.3 Å². The molecule has 1 aromatic heterocycles. The van der Waals surface area contributed by atoms with E-state index in [1.165, 1.54) is 31.6 Å². The summed E-state index contributed by atoms with van der Waals surface area (Å²) in [6.45, 7) is 10.2. The summed E-state index contributed by atoms with van der Waals surface area (Å²) in [5.41, 5.74) is 3.40. The topological polar surface area (TPSA) is 28.2 Å². The van der Waals surface area contributed by atoms with E-state index in [9.17, 15) is 0 Å². The van der Waals surface area contributed by atoms with Crippen LogP contribution >= 0.6 is 11.3 Å². The lowest BCUT2D eigenvalue weighted by Gasteiger charge is -2.41. The highest BCUT2D eigenvalue weighted by atomic mass is 32.1. The highest BCUT2D eigenvalue weighted by Crippen LogP contribution is 2.20. The fourth-order valence-electron chi connectivity index (χ4n) is 2.33. The van der Waals surface area contributed by atoms with Crippen molar-refractivity contribution in [3.8, 4) is 0 Å². The Morgan fingerprint density at radius 1 is 1.41 bits per heavy atom. The van der Waals surface area contributed by atoms with Gasteiger partial charge in [-0.15, -0.1) is 11.3 Å². The van der Waals surface area contributed by atoms with Gasteiger partial charge in [0.1, 0.15) is 0 Å². The Kier molecular flexibility index (Phi) is 4.17. The molecule has 0 aromatic carbocycles. The summed E-state index contributed by atoms with van der Waals surface area (Å²) in [4.78, 5) is 6.88. The number of thiazole rings is 1. The maximum Gasteiger partial charge on any atom is 0.0795 e. The molecule has 1 N–H and O–H groups in total. The first-order valence-corrected chi connectivity index (χ1v) is 7.35. The van der Waals surface area contributed by atoms with Gasteiger partial charge in [0.05, 0.1) is 11.2 Å². The monoisotopic (exact) mass is 253 g/mol. The lowest BCUT2D eigenvalue weighted by Crippen LogP contribution is -2.49. The summed E-state index contributed by atoms with van der Waals surface area (Å²) in [6.07, 6.45) is 2.50. The summed E-state index contributed by atoms with van der Waals surface area (Å²) in [5, 5.41) is 5.74. The number of nitrogens with one attached hydrogen (secondary N) is 1. The summed E-state index contributed by atoms with van der Waals surface area (Å²) in [6, 6.07) is 0.662. The van der Waals surface area contributed by atoms with Crippen LogP contribution in [0.25, 0.3) is 0 Å². The van der Waals surface area contributed by atoms with Gasteiger partial charge >= 0.3 is 0 Å². The lowest BCUT2D eigenvalue weighted by atomic mass is 9.98. The Bertz CT molecular complexity index is 321. The van der Waals surface area contributed by atoms with E-state index in [0.717, 1.165) is 6.54 Å². The van der Waals surface area contributed by atoms with Crippen molar-refractivity contribution in [1.29, 1.82) is 0 Å². The second kappa shape index (κ2) is 5.46. The summed E-state index contributed by atoms with van der Waals surface area (Å²) >= 11 is 1.67. The Balaban J connectivity index is 1.72. The molecule has 1 saturated heterocycles. The Morgan fingerprint density at radius 2 is 2.12 bits per heavy atom. The number of hydrogen-bond acceptors (Lipinski definition) is 4. The van der Waals surface area contributed by atoms with Crippen LogP contribution in [0, 0.1) is 0 Å². The summed E-state index contributed by atoms with van der Waals surface area (Å²) < 4.78 is 0. The van der Waals surface area contributed by atoms with Crippen molar-refractivity contribution in [2.45, 2.75) is 51.7 Å². The first kappa shape index (κ1) is 13.0. The van der Waals surface area contributed by atoms with Crippen LogP contribution < -0.4 is 5.32 Å². The molecule has 2 rings (SSSR count). The highest BCUT2D eigenvalue weighted by Gasteiger charge is 2.26. The normalized spacial score (nSPS) is 19.7. The molecule has 0 aliphatic carbocycles. The number of aromatic nitrogens is 1. The SMILES string of the molecule is CC(C)(C)N1CCC(NCc2cscn2)CC1. The third-order valence-corrected chi connectivity index (χ3v) is 4.13. The van der Waals surface area contributed by atoms with E-state index in [2.05, 4.69) is 41.4 Å². The van der Waals surface area contributed by atoms with Crippen LogP contribution in [0.15, 0.2) is 10.9 Å². The van der Waals surface area contributed by atoms with E-state index >= 15 is 0 Å². The number of likely N-dealkylation sites (tertiary alicyclic amines) is 1. The second-order valence-electron chi connectivity index (χ2n) is 5.79. The first-order valence-electron chi connectivity index (χ1n) is 6.41. The van der Waals surface area contributed by atoms with Crippen LogP contribution in [-0.4, -0.2) is 34.6 Å². The maximum absolute atomic E-state index is 4.30. The van der Waals surface area contributed by atoms with Gasteiger partial charge in [0.25, 0.3) is 0 Å². The highest BCUT2D eigenvalue weighted by molar-refractivity contribution is 7.07. The lowest BCUT2D eigenvalue weighted by molar-refractivity contribution is 0.0959. The van der Waals surface area contributed by atoms with Gasteiger partial charge < -0.3 is 5.32 Å². The van der Waals surface area contributed by atoms with Gasteiger partial charge in [0, 0.05) is 36.6 Å². The van der Waals surface area contributed by atoms with E-state index in [-0.39, 0.29) is 0 Å². The average Bonchev–Trinajstić information content (AvgIpc) is 2.78. The molecule has 0 amide bonds. The number of nitrogens with zero attached hydrogens (tertiary/aromatic N) is 2. The van der Waals surface area contributed by atoms with Crippen LogP contribution in [-0.2, 0) is 6.54 Å². The summed E-state index contributed by atoms with van der Waals surface area (Å²) in [7, 11) is 0. The predicted octanol–water partition coefficient (Wildman–Crippen LogP) is 2.50. The Morgan fingerprint density at radius 3 is 2.65 bits per heavy atom. The minimum atomic E-state index is 0.319. The molecule has 96 valence electrons. The molecule has 0 atom stereocenters. The van der Waals surface area contributed by atoms with E-state index in [1.807, 2.05) is 5.51 Å². The molecule has 3 nitrogen and oxygen atoms in total. The van der Waals surface area contributed by atoms with E-state index in [0.29, 0.717) is 11.6 Å². The van der Waals surface area contributed by atoms with Crippen molar-refractivity contribution in [2.75, 3.05) is 13.1 Å². The van der Waals surface area contributed by atoms with Crippen molar-refractivity contribution in [3.05, 3.63) is 16.6 Å². The molecule has 1 aliphatic rings.